The fourth-order valence-corrected chi connectivity index (χ4v) is 2.18. The van der Waals surface area contributed by atoms with Gasteiger partial charge in [-0.05, 0) is 42.8 Å². The molecule has 0 radical (unpaired) electrons. The van der Waals surface area contributed by atoms with Gasteiger partial charge < -0.3 is 15.9 Å². The first-order valence-corrected chi connectivity index (χ1v) is 6.23. The number of rotatable bonds is 2. The molecule has 1 heterocycles. The Hall–Kier alpha value is -2.49. The normalized spacial score (nSPS) is 11.0. The lowest BCUT2D eigenvalue weighted by Gasteiger charge is -2.01. The van der Waals surface area contributed by atoms with Crippen molar-refractivity contribution < 1.29 is 4.42 Å². The highest BCUT2D eigenvalue weighted by molar-refractivity contribution is 5.84. The predicted octanol–water partition coefficient (Wildman–Crippen LogP) is 3.22. The molecule has 0 aliphatic carbocycles. The first-order valence-electron chi connectivity index (χ1n) is 6.23. The van der Waals surface area contributed by atoms with Gasteiger partial charge in [-0.2, -0.15) is 0 Å². The van der Waals surface area contributed by atoms with Crippen molar-refractivity contribution in [3.63, 3.8) is 0 Å². The molecule has 1 aromatic heterocycles. The van der Waals surface area contributed by atoms with E-state index in [1.807, 2.05) is 36.4 Å². The summed E-state index contributed by atoms with van der Waals surface area (Å²) in [6, 6.07) is 11.2. The lowest BCUT2D eigenvalue weighted by atomic mass is 10.1. The summed E-state index contributed by atoms with van der Waals surface area (Å²) in [6.45, 7) is 2.05. The molecular formula is C15H15N3O. The molecule has 3 rings (SSSR count). The summed E-state index contributed by atoms with van der Waals surface area (Å²) in [5, 5.41) is 0. The predicted molar refractivity (Wildman–Crippen MR) is 77.6 cm³/mol. The molecule has 0 amide bonds. The Morgan fingerprint density at radius 1 is 1.05 bits per heavy atom. The van der Waals surface area contributed by atoms with E-state index in [2.05, 4.69) is 11.9 Å². The lowest BCUT2D eigenvalue weighted by Crippen LogP contribution is -1.92. The van der Waals surface area contributed by atoms with Crippen molar-refractivity contribution >= 4 is 22.5 Å². The topological polar surface area (TPSA) is 78.1 Å². The number of nitrogens with two attached hydrogens (primary N) is 2. The van der Waals surface area contributed by atoms with Crippen molar-refractivity contribution in [1.29, 1.82) is 0 Å². The van der Waals surface area contributed by atoms with Gasteiger partial charge in [0.2, 0.25) is 5.89 Å². The SMILES string of the molecule is CCc1c(N)ccc2nc(-c3ccc(N)cc3)oc12. The van der Waals surface area contributed by atoms with Crippen LogP contribution in [0.4, 0.5) is 11.4 Å². The molecule has 0 spiro atoms. The smallest absolute Gasteiger partial charge is 0.227 e. The molecule has 0 bridgehead atoms. The standard InChI is InChI=1S/C15H15N3O/c1-2-11-12(17)7-8-13-14(11)19-15(18-13)9-3-5-10(16)6-4-9/h3-8H,2,16-17H2,1H3. The van der Waals surface area contributed by atoms with Crippen LogP contribution in [-0.2, 0) is 6.42 Å². The molecule has 96 valence electrons. The van der Waals surface area contributed by atoms with E-state index < -0.39 is 0 Å². The molecule has 0 atom stereocenters. The Kier molecular flexibility index (Phi) is 2.63. The summed E-state index contributed by atoms with van der Waals surface area (Å²) in [5.74, 6) is 0.593. The van der Waals surface area contributed by atoms with Crippen LogP contribution in [0.2, 0.25) is 0 Å². The third kappa shape index (κ3) is 1.91. The summed E-state index contributed by atoms with van der Waals surface area (Å²) in [5.41, 5.74) is 16.6. The highest BCUT2D eigenvalue weighted by Gasteiger charge is 2.12. The molecule has 3 aromatic rings. The van der Waals surface area contributed by atoms with Crippen molar-refractivity contribution in [3.05, 3.63) is 42.0 Å². The molecule has 2 aromatic carbocycles. The number of fused-ring (bicyclic) bond motifs is 1. The number of hydrogen-bond acceptors (Lipinski definition) is 4. The molecule has 0 saturated carbocycles. The fourth-order valence-electron chi connectivity index (χ4n) is 2.18. The Morgan fingerprint density at radius 3 is 2.47 bits per heavy atom. The molecule has 0 aliphatic rings. The zero-order valence-corrected chi connectivity index (χ0v) is 10.7. The monoisotopic (exact) mass is 253 g/mol. The summed E-state index contributed by atoms with van der Waals surface area (Å²) < 4.78 is 5.86. The van der Waals surface area contributed by atoms with Gasteiger partial charge in [0.05, 0.1) is 0 Å². The third-order valence-corrected chi connectivity index (χ3v) is 3.21. The van der Waals surface area contributed by atoms with Gasteiger partial charge >= 0.3 is 0 Å². The van der Waals surface area contributed by atoms with Crippen molar-refractivity contribution in [2.75, 3.05) is 11.5 Å². The number of nitrogen functional groups attached to an aromatic ring is 2. The number of oxazole rings is 1. The Morgan fingerprint density at radius 2 is 1.79 bits per heavy atom. The summed E-state index contributed by atoms with van der Waals surface area (Å²) in [6.07, 6.45) is 0.819. The summed E-state index contributed by atoms with van der Waals surface area (Å²) >= 11 is 0. The zero-order chi connectivity index (χ0) is 13.4. The van der Waals surface area contributed by atoms with E-state index in [1.165, 1.54) is 0 Å². The second-order valence-electron chi connectivity index (χ2n) is 4.48. The minimum atomic E-state index is 0.593. The van der Waals surface area contributed by atoms with E-state index in [9.17, 15) is 0 Å². The van der Waals surface area contributed by atoms with E-state index in [0.717, 1.165) is 40.0 Å². The van der Waals surface area contributed by atoms with Gasteiger partial charge in [-0.15, -0.1) is 0 Å². The molecule has 0 aliphatic heterocycles. The van der Waals surface area contributed by atoms with Crippen LogP contribution < -0.4 is 11.5 Å². The first-order chi connectivity index (χ1) is 9.19. The van der Waals surface area contributed by atoms with Gasteiger partial charge in [-0.3, -0.25) is 0 Å². The van der Waals surface area contributed by atoms with Crippen LogP contribution in [0.25, 0.3) is 22.6 Å². The number of aryl methyl sites for hydroxylation is 1. The Labute approximate surface area is 111 Å². The van der Waals surface area contributed by atoms with Crippen molar-refractivity contribution in [3.8, 4) is 11.5 Å². The molecule has 4 N–H and O–H groups in total. The van der Waals surface area contributed by atoms with E-state index in [4.69, 9.17) is 15.9 Å². The lowest BCUT2D eigenvalue weighted by molar-refractivity contribution is 0.616. The zero-order valence-electron chi connectivity index (χ0n) is 10.7. The van der Waals surface area contributed by atoms with Crippen molar-refractivity contribution in [2.45, 2.75) is 13.3 Å². The fraction of sp³-hybridized carbons (Fsp3) is 0.133. The molecule has 0 fully saturated rings. The van der Waals surface area contributed by atoms with Crippen LogP contribution in [0.5, 0.6) is 0 Å². The highest BCUT2D eigenvalue weighted by atomic mass is 16.3. The average Bonchev–Trinajstić information content (AvgIpc) is 2.83. The van der Waals surface area contributed by atoms with Crippen molar-refractivity contribution in [1.82, 2.24) is 4.98 Å². The summed E-state index contributed by atoms with van der Waals surface area (Å²) in [4.78, 5) is 4.50. The number of hydrogen-bond donors (Lipinski definition) is 2. The minimum Gasteiger partial charge on any atom is -0.436 e. The van der Waals surface area contributed by atoms with Crippen LogP contribution in [0.15, 0.2) is 40.8 Å². The molecule has 19 heavy (non-hydrogen) atoms. The maximum Gasteiger partial charge on any atom is 0.227 e. The van der Waals surface area contributed by atoms with Gasteiger partial charge in [0.1, 0.15) is 5.52 Å². The van der Waals surface area contributed by atoms with Gasteiger partial charge in [-0.1, -0.05) is 6.92 Å². The van der Waals surface area contributed by atoms with Crippen LogP contribution in [0, 0.1) is 0 Å². The number of nitrogens with zero attached hydrogens (tertiary/aromatic N) is 1. The first kappa shape index (κ1) is 11.6. The molecule has 4 nitrogen and oxygen atoms in total. The number of aromatic nitrogens is 1. The van der Waals surface area contributed by atoms with Crippen molar-refractivity contribution in [2.24, 2.45) is 0 Å². The van der Waals surface area contributed by atoms with E-state index in [1.54, 1.807) is 0 Å². The average molecular weight is 253 g/mol. The second kappa shape index (κ2) is 4.31. The third-order valence-electron chi connectivity index (χ3n) is 3.21. The van der Waals surface area contributed by atoms with Gasteiger partial charge in [0, 0.05) is 22.5 Å². The highest BCUT2D eigenvalue weighted by Crippen LogP contribution is 2.30. The molecular weight excluding hydrogens is 238 g/mol. The maximum atomic E-state index is 5.96. The van der Waals surface area contributed by atoms with Crippen LogP contribution in [-0.4, -0.2) is 4.98 Å². The van der Waals surface area contributed by atoms with Gasteiger partial charge in [0.25, 0.3) is 0 Å². The van der Waals surface area contributed by atoms with Crippen LogP contribution in [0.1, 0.15) is 12.5 Å². The Balaban J connectivity index is 2.19. The second-order valence-corrected chi connectivity index (χ2v) is 4.48. The Bertz CT molecular complexity index is 729. The molecule has 0 unspecified atom stereocenters. The maximum absolute atomic E-state index is 5.96. The quantitative estimate of drug-likeness (QED) is 0.687. The minimum absolute atomic E-state index is 0.593. The van der Waals surface area contributed by atoms with Gasteiger partial charge in [-0.25, -0.2) is 4.98 Å². The van der Waals surface area contributed by atoms with E-state index >= 15 is 0 Å². The van der Waals surface area contributed by atoms with Crippen LogP contribution in [0.3, 0.4) is 0 Å². The van der Waals surface area contributed by atoms with E-state index in [-0.39, 0.29) is 0 Å². The molecule has 4 heteroatoms. The van der Waals surface area contributed by atoms with Crippen LogP contribution >= 0.6 is 0 Å². The van der Waals surface area contributed by atoms with Gasteiger partial charge in [0.15, 0.2) is 5.58 Å². The van der Waals surface area contributed by atoms with E-state index in [0.29, 0.717) is 5.89 Å². The molecule has 0 saturated heterocycles. The number of benzene rings is 2. The largest absolute Gasteiger partial charge is 0.436 e. The summed E-state index contributed by atoms with van der Waals surface area (Å²) in [7, 11) is 0. The number of anilines is 2.